The maximum absolute atomic E-state index is 13.6. The van der Waals surface area contributed by atoms with Crippen molar-refractivity contribution in [2.45, 2.75) is 4.90 Å². The van der Waals surface area contributed by atoms with E-state index in [1.165, 1.54) is 27.8 Å². The van der Waals surface area contributed by atoms with E-state index in [0.29, 0.717) is 42.7 Å². The number of anilines is 2. The molecule has 0 radical (unpaired) electrons. The number of fused-ring (bicyclic) bond motifs is 1. The zero-order valence-electron chi connectivity index (χ0n) is 17.6. The highest BCUT2D eigenvalue weighted by molar-refractivity contribution is 7.89. The topological polar surface area (TPSA) is 79.8 Å². The van der Waals surface area contributed by atoms with Gasteiger partial charge in [0.05, 0.1) is 34.0 Å². The number of para-hydroxylation sites is 2. The predicted molar refractivity (Wildman–Crippen MR) is 129 cm³/mol. The molecule has 1 aromatic heterocycles. The van der Waals surface area contributed by atoms with Crippen LogP contribution in [0.4, 0.5) is 10.8 Å². The summed E-state index contributed by atoms with van der Waals surface area (Å²) in [6.07, 6.45) is 0. The number of hydrogen-bond acceptors (Lipinski definition) is 6. The van der Waals surface area contributed by atoms with E-state index in [-0.39, 0.29) is 10.8 Å². The molecule has 33 heavy (non-hydrogen) atoms. The maximum Gasteiger partial charge on any atom is 0.264 e. The van der Waals surface area contributed by atoms with E-state index in [4.69, 9.17) is 4.74 Å². The van der Waals surface area contributed by atoms with E-state index in [9.17, 15) is 13.2 Å². The number of thiazole rings is 1. The van der Waals surface area contributed by atoms with Crippen LogP contribution in [0.15, 0.2) is 83.8 Å². The van der Waals surface area contributed by atoms with Crippen molar-refractivity contribution < 1.29 is 17.9 Å². The number of morpholine rings is 1. The first-order valence-electron chi connectivity index (χ1n) is 10.5. The van der Waals surface area contributed by atoms with Crippen LogP contribution in [0.2, 0.25) is 0 Å². The highest BCUT2D eigenvalue weighted by Crippen LogP contribution is 2.34. The lowest BCUT2D eigenvalue weighted by atomic mass is 10.2. The fraction of sp³-hybridized carbons (Fsp3) is 0.167. The fourth-order valence-electron chi connectivity index (χ4n) is 3.68. The quantitative estimate of drug-likeness (QED) is 0.427. The molecule has 1 amide bonds. The summed E-state index contributed by atoms with van der Waals surface area (Å²) < 4.78 is 33.5. The molecule has 1 aliphatic heterocycles. The number of aromatic nitrogens is 1. The Labute approximate surface area is 195 Å². The van der Waals surface area contributed by atoms with Crippen LogP contribution in [0.3, 0.4) is 0 Å². The number of carbonyl (C=O) groups excluding carboxylic acids is 1. The van der Waals surface area contributed by atoms with E-state index < -0.39 is 10.0 Å². The number of carbonyl (C=O) groups is 1. The van der Waals surface area contributed by atoms with Crippen molar-refractivity contribution in [1.82, 2.24) is 9.29 Å². The minimum absolute atomic E-state index is 0.159. The summed E-state index contributed by atoms with van der Waals surface area (Å²) in [5, 5.41) is 0.553. The molecule has 5 rings (SSSR count). The summed E-state index contributed by atoms with van der Waals surface area (Å²) in [5.41, 5.74) is 1.88. The molecule has 2 heterocycles. The van der Waals surface area contributed by atoms with Crippen LogP contribution in [0.25, 0.3) is 10.2 Å². The Kier molecular flexibility index (Phi) is 5.94. The highest BCUT2D eigenvalue weighted by Gasteiger charge is 2.27. The van der Waals surface area contributed by atoms with Gasteiger partial charge in [0.1, 0.15) is 0 Å². The van der Waals surface area contributed by atoms with Gasteiger partial charge < -0.3 is 4.74 Å². The molecule has 3 aromatic carbocycles. The first kappa shape index (κ1) is 21.7. The summed E-state index contributed by atoms with van der Waals surface area (Å²) in [5.74, 6) is -0.282. The average molecular weight is 480 g/mol. The summed E-state index contributed by atoms with van der Waals surface area (Å²) in [7, 11) is -3.63. The summed E-state index contributed by atoms with van der Waals surface area (Å²) in [6.45, 7) is 1.40. The molecule has 168 valence electrons. The molecular weight excluding hydrogens is 458 g/mol. The molecule has 9 heteroatoms. The Morgan fingerprint density at radius 2 is 1.58 bits per heavy atom. The minimum atomic E-state index is -3.63. The summed E-state index contributed by atoms with van der Waals surface area (Å²) in [6, 6.07) is 23.1. The van der Waals surface area contributed by atoms with Gasteiger partial charge in [-0.1, -0.05) is 41.7 Å². The number of sulfonamides is 1. The van der Waals surface area contributed by atoms with E-state index in [1.54, 1.807) is 17.0 Å². The Bertz CT molecular complexity index is 1350. The number of amides is 1. The van der Waals surface area contributed by atoms with Gasteiger partial charge in [0.25, 0.3) is 5.91 Å². The molecule has 1 saturated heterocycles. The molecular formula is C24H21N3O4S2. The van der Waals surface area contributed by atoms with Crippen molar-refractivity contribution in [3.8, 4) is 0 Å². The van der Waals surface area contributed by atoms with Gasteiger partial charge in [-0.15, -0.1) is 0 Å². The van der Waals surface area contributed by atoms with Gasteiger partial charge in [-0.05, 0) is 48.5 Å². The average Bonchev–Trinajstić information content (AvgIpc) is 3.29. The second kappa shape index (κ2) is 9.03. The lowest BCUT2D eigenvalue weighted by Gasteiger charge is -2.26. The molecule has 0 unspecified atom stereocenters. The third-order valence-electron chi connectivity index (χ3n) is 5.40. The lowest BCUT2D eigenvalue weighted by Crippen LogP contribution is -2.40. The van der Waals surface area contributed by atoms with E-state index in [0.717, 1.165) is 10.2 Å². The molecule has 0 saturated carbocycles. The van der Waals surface area contributed by atoms with Gasteiger partial charge in [0.2, 0.25) is 10.0 Å². The predicted octanol–water partition coefficient (Wildman–Crippen LogP) is 4.30. The van der Waals surface area contributed by atoms with E-state index in [1.807, 2.05) is 54.6 Å². The molecule has 7 nitrogen and oxygen atoms in total. The third-order valence-corrected chi connectivity index (χ3v) is 8.33. The van der Waals surface area contributed by atoms with Gasteiger partial charge in [0.15, 0.2) is 5.13 Å². The van der Waals surface area contributed by atoms with Crippen molar-refractivity contribution in [3.63, 3.8) is 0 Å². The molecule has 0 aliphatic carbocycles. The molecule has 0 bridgehead atoms. The lowest BCUT2D eigenvalue weighted by molar-refractivity contribution is 0.0730. The number of nitrogens with zero attached hydrogens (tertiary/aromatic N) is 3. The Morgan fingerprint density at radius 3 is 2.27 bits per heavy atom. The summed E-state index contributed by atoms with van der Waals surface area (Å²) >= 11 is 1.43. The van der Waals surface area contributed by atoms with Crippen LogP contribution in [0, 0.1) is 0 Å². The number of ether oxygens (including phenoxy) is 1. The third kappa shape index (κ3) is 4.28. The number of hydrogen-bond donors (Lipinski definition) is 0. The highest BCUT2D eigenvalue weighted by atomic mass is 32.2. The maximum atomic E-state index is 13.6. The SMILES string of the molecule is O=C(c1ccc(S(=O)(=O)N2CCOCC2)cc1)N(c1ccccc1)c1nc2ccccc2s1. The summed E-state index contributed by atoms with van der Waals surface area (Å²) in [4.78, 5) is 20.0. The van der Waals surface area contributed by atoms with Crippen molar-refractivity contribution >= 4 is 48.3 Å². The van der Waals surface area contributed by atoms with Crippen LogP contribution in [0.5, 0.6) is 0 Å². The molecule has 1 aliphatic rings. The van der Waals surface area contributed by atoms with E-state index in [2.05, 4.69) is 4.98 Å². The first-order valence-corrected chi connectivity index (χ1v) is 12.7. The van der Waals surface area contributed by atoms with Crippen LogP contribution in [0.1, 0.15) is 10.4 Å². The zero-order valence-corrected chi connectivity index (χ0v) is 19.3. The van der Waals surface area contributed by atoms with E-state index >= 15 is 0 Å². The normalized spacial score (nSPS) is 14.9. The second-order valence-electron chi connectivity index (χ2n) is 7.48. The van der Waals surface area contributed by atoms with Crippen molar-refractivity contribution in [2.24, 2.45) is 0 Å². The monoisotopic (exact) mass is 479 g/mol. The van der Waals surface area contributed by atoms with Crippen LogP contribution in [-0.2, 0) is 14.8 Å². The number of benzene rings is 3. The van der Waals surface area contributed by atoms with Crippen molar-refractivity contribution in [2.75, 3.05) is 31.2 Å². The minimum Gasteiger partial charge on any atom is -0.379 e. The molecule has 4 aromatic rings. The smallest absolute Gasteiger partial charge is 0.264 e. The molecule has 1 fully saturated rings. The van der Waals surface area contributed by atoms with Crippen molar-refractivity contribution in [3.05, 3.63) is 84.4 Å². The second-order valence-corrected chi connectivity index (χ2v) is 10.4. The van der Waals surface area contributed by atoms with Gasteiger partial charge in [-0.25, -0.2) is 13.4 Å². The molecule has 0 N–H and O–H groups in total. The van der Waals surface area contributed by atoms with Crippen molar-refractivity contribution in [1.29, 1.82) is 0 Å². The number of rotatable bonds is 5. The van der Waals surface area contributed by atoms with Crippen LogP contribution in [-0.4, -0.2) is 49.9 Å². The Morgan fingerprint density at radius 1 is 0.909 bits per heavy atom. The Hall–Kier alpha value is -3.11. The first-order chi connectivity index (χ1) is 16.0. The largest absolute Gasteiger partial charge is 0.379 e. The van der Waals surface area contributed by atoms with Gasteiger partial charge >= 0.3 is 0 Å². The molecule has 0 atom stereocenters. The Balaban J connectivity index is 1.49. The van der Waals surface area contributed by atoms with Crippen LogP contribution < -0.4 is 4.90 Å². The van der Waals surface area contributed by atoms with Crippen LogP contribution >= 0.6 is 11.3 Å². The zero-order chi connectivity index (χ0) is 22.8. The fourth-order valence-corrected chi connectivity index (χ4v) is 6.08. The standard InChI is InChI=1S/C24H21N3O4S2/c28-23(18-10-12-20(13-11-18)33(29,30)26-14-16-31-17-15-26)27(19-6-2-1-3-7-19)24-25-21-8-4-5-9-22(21)32-24/h1-13H,14-17H2. The van der Waals surface area contributed by atoms with Gasteiger partial charge in [-0.2, -0.15) is 4.31 Å². The van der Waals surface area contributed by atoms with Gasteiger partial charge in [-0.3, -0.25) is 9.69 Å². The van der Waals surface area contributed by atoms with Gasteiger partial charge in [0, 0.05) is 18.7 Å². The molecule has 0 spiro atoms.